The molecule has 0 spiro atoms. The molecule has 5 heteroatoms. The average molecular weight is 353 g/mol. The summed E-state index contributed by atoms with van der Waals surface area (Å²) in [6, 6.07) is 15.3. The Labute approximate surface area is 153 Å². The van der Waals surface area contributed by atoms with Gasteiger partial charge in [-0.15, -0.1) is 0 Å². The number of fused-ring (bicyclic) bond motifs is 3. The van der Waals surface area contributed by atoms with Gasteiger partial charge in [-0.1, -0.05) is 62.4 Å². The van der Waals surface area contributed by atoms with Gasteiger partial charge in [-0.3, -0.25) is 4.90 Å². The smallest absolute Gasteiger partial charge is 0.410 e. The summed E-state index contributed by atoms with van der Waals surface area (Å²) in [5.74, 6) is -1.28. The highest BCUT2D eigenvalue weighted by molar-refractivity contribution is 5.81. The van der Waals surface area contributed by atoms with Crippen LogP contribution in [0.25, 0.3) is 11.1 Å². The van der Waals surface area contributed by atoms with Crippen molar-refractivity contribution in [3.63, 3.8) is 0 Å². The molecule has 0 unspecified atom stereocenters. The Morgan fingerprint density at radius 2 is 1.54 bits per heavy atom. The number of likely N-dealkylation sites (N-methyl/N-ethyl adjacent to an activating group) is 1. The van der Waals surface area contributed by atoms with Gasteiger partial charge in [0.2, 0.25) is 0 Å². The Balaban J connectivity index is 1.78. The number of hydrogen-bond acceptors (Lipinski definition) is 3. The van der Waals surface area contributed by atoms with Crippen LogP contribution in [0.1, 0.15) is 30.9 Å². The van der Waals surface area contributed by atoms with Crippen molar-refractivity contribution < 1.29 is 19.4 Å². The quantitative estimate of drug-likeness (QED) is 0.883. The van der Waals surface area contributed by atoms with Crippen molar-refractivity contribution in [2.45, 2.75) is 25.8 Å². The maximum atomic E-state index is 12.4. The molecule has 0 fully saturated rings. The first-order chi connectivity index (χ1) is 12.4. The highest BCUT2D eigenvalue weighted by Gasteiger charge is 2.33. The van der Waals surface area contributed by atoms with E-state index in [9.17, 15) is 14.7 Å². The molecule has 0 saturated heterocycles. The second kappa shape index (κ2) is 7.20. The predicted molar refractivity (Wildman–Crippen MR) is 99.1 cm³/mol. The first kappa shape index (κ1) is 18.0. The largest absolute Gasteiger partial charge is 0.480 e. The van der Waals surface area contributed by atoms with Crippen molar-refractivity contribution in [3.8, 4) is 11.1 Å². The standard InChI is InChI=1S/C21H23NO4/c1-13(2)19(20(23)24)22(3)21(25)26-12-18-16-10-6-4-8-14(16)15-9-5-7-11-17(15)18/h4-11,13,18-19H,12H2,1-3H3,(H,23,24)/t19-/m0/s1. The summed E-state index contributed by atoms with van der Waals surface area (Å²) in [4.78, 5) is 25.0. The van der Waals surface area contributed by atoms with Gasteiger partial charge >= 0.3 is 12.1 Å². The van der Waals surface area contributed by atoms with Crippen molar-refractivity contribution >= 4 is 12.1 Å². The fraction of sp³-hybridized carbons (Fsp3) is 0.333. The molecular weight excluding hydrogens is 330 g/mol. The van der Waals surface area contributed by atoms with Crippen LogP contribution in [0.4, 0.5) is 4.79 Å². The van der Waals surface area contributed by atoms with Crippen molar-refractivity contribution in [1.82, 2.24) is 4.90 Å². The fourth-order valence-electron chi connectivity index (χ4n) is 3.71. The first-order valence-electron chi connectivity index (χ1n) is 8.72. The SMILES string of the molecule is CC(C)[C@@H](C(=O)O)N(C)C(=O)OCC1c2ccccc2-c2ccccc21. The molecule has 1 aliphatic carbocycles. The number of carboxylic acids is 1. The molecule has 0 radical (unpaired) electrons. The number of amides is 1. The van der Waals surface area contributed by atoms with E-state index in [1.54, 1.807) is 13.8 Å². The molecule has 1 atom stereocenters. The van der Waals surface area contributed by atoms with E-state index in [0.29, 0.717) is 0 Å². The molecule has 1 aliphatic rings. The third-order valence-corrected chi connectivity index (χ3v) is 4.93. The summed E-state index contributed by atoms with van der Waals surface area (Å²) < 4.78 is 5.51. The Morgan fingerprint density at radius 3 is 2.00 bits per heavy atom. The van der Waals surface area contributed by atoms with E-state index in [4.69, 9.17) is 4.74 Å². The van der Waals surface area contributed by atoms with Gasteiger partial charge in [0, 0.05) is 13.0 Å². The molecule has 2 aromatic rings. The molecule has 5 nitrogen and oxygen atoms in total. The summed E-state index contributed by atoms with van der Waals surface area (Å²) >= 11 is 0. The maximum absolute atomic E-state index is 12.4. The van der Waals surface area contributed by atoms with Gasteiger partial charge in [0.15, 0.2) is 0 Å². The van der Waals surface area contributed by atoms with Gasteiger partial charge in [-0.25, -0.2) is 9.59 Å². The van der Waals surface area contributed by atoms with Gasteiger partial charge in [-0.05, 0) is 28.2 Å². The van der Waals surface area contributed by atoms with E-state index in [1.807, 2.05) is 36.4 Å². The number of ether oxygens (including phenoxy) is 1. The molecule has 1 N–H and O–H groups in total. The van der Waals surface area contributed by atoms with Gasteiger partial charge in [0.1, 0.15) is 12.6 Å². The molecule has 0 heterocycles. The Bertz CT molecular complexity index is 785. The van der Waals surface area contributed by atoms with E-state index in [2.05, 4.69) is 12.1 Å². The molecule has 1 amide bonds. The lowest BCUT2D eigenvalue weighted by atomic mass is 9.98. The van der Waals surface area contributed by atoms with E-state index >= 15 is 0 Å². The molecule has 0 aromatic heterocycles. The molecule has 136 valence electrons. The minimum atomic E-state index is -1.03. The molecule has 26 heavy (non-hydrogen) atoms. The van der Waals surface area contributed by atoms with Crippen LogP contribution < -0.4 is 0 Å². The second-order valence-corrected chi connectivity index (χ2v) is 6.94. The topological polar surface area (TPSA) is 66.8 Å². The third kappa shape index (κ3) is 3.17. The Morgan fingerprint density at radius 1 is 1.04 bits per heavy atom. The van der Waals surface area contributed by atoms with Gasteiger partial charge < -0.3 is 9.84 Å². The number of rotatable bonds is 5. The van der Waals surface area contributed by atoms with E-state index < -0.39 is 18.1 Å². The minimum absolute atomic E-state index is 0.0397. The first-order valence-corrected chi connectivity index (χ1v) is 8.72. The van der Waals surface area contributed by atoms with Gasteiger partial charge in [0.25, 0.3) is 0 Å². The van der Waals surface area contributed by atoms with Crippen LogP contribution in [0.5, 0.6) is 0 Å². The highest BCUT2D eigenvalue weighted by atomic mass is 16.6. The van der Waals surface area contributed by atoms with Crippen LogP contribution in [0, 0.1) is 5.92 Å². The number of nitrogens with zero attached hydrogens (tertiary/aromatic N) is 1. The van der Waals surface area contributed by atoms with Crippen LogP contribution in [-0.2, 0) is 9.53 Å². The van der Waals surface area contributed by atoms with E-state index in [1.165, 1.54) is 11.9 Å². The van der Waals surface area contributed by atoms with Crippen molar-refractivity contribution in [2.75, 3.05) is 13.7 Å². The zero-order valence-electron chi connectivity index (χ0n) is 15.2. The highest BCUT2D eigenvalue weighted by Crippen LogP contribution is 2.44. The summed E-state index contributed by atoms with van der Waals surface area (Å²) in [5.41, 5.74) is 4.57. The summed E-state index contributed by atoms with van der Waals surface area (Å²) in [6.07, 6.45) is -0.618. The molecule has 0 aliphatic heterocycles. The van der Waals surface area contributed by atoms with Gasteiger partial charge in [0.05, 0.1) is 0 Å². The van der Waals surface area contributed by atoms with E-state index in [-0.39, 0.29) is 18.4 Å². The fourth-order valence-corrected chi connectivity index (χ4v) is 3.71. The van der Waals surface area contributed by atoms with Crippen molar-refractivity contribution in [1.29, 1.82) is 0 Å². The lowest BCUT2D eigenvalue weighted by molar-refractivity contribution is -0.143. The summed E-state index contributed by atoms with van der Waals surface area (Å²) in [5, 5.41) is 9.35. The lowest BCUT2D eigenvalue weighted by Crippen LogP contribution is -2.46. The zero-order chi connectivity index (χ0) is 18.8. The number of carboxylic acid groups (broad SMARTS) is 1. The summed E-state index contributed by atoms with van der Waals surface area (Å²) in [6.45, 7) is 3.72. The molecular formula is C21H23NO4. The van der Waals surface area contributed by atoms with Crippen molar-refractivity contribution in [3.05, 3.63) is 59.7 Å². The Hall–Kier alpha value is -2.82. The number of carbonyl (C=O) groups excluding carboxylic acids is 1. The van der Waals surface area contributed by atoms with E-state index in [0.717, 1.165) is 22.3 Å². The van der Waals surface area contributed by atoms with Crippen molar-refractivity contribution in [2.24, 2.45) is 5.92 Å². The Kier molecular flexibility index (Phi) is 4.98. The minimum Gasteiger partial charge on any atom is -0.480 e. The van der Waals surface area contributed by atoms with Crippen LogP contribution in [0.15, 0.2) is 48.5 Å². The number of carbonyl (C=O) groups is 2. The second-order valence-electron chi connectivity index (χ2n) is 6.94. The average Bonchev–Trinajstić information content (AvgIpc) is 2.93. The molecule has 2 aromatic carbocycles. The molecule has 0 bridgehead atoms. The molecule has 3 rings (SSSR count). The van der Waals surface area contributed by atoms with Crippen LogP contribution in [0.3, 0.4) is 0 Å². The zero-order valence-corrected chi connectivity index (χ0v) is 15.2. The van der Waals surface area contributed by atoms with Gasteiger partial charge in [-0.2, -0.15) is 0 Å². The normalized spacial score (nSPS) is 13.8. The number of hydrogen-bond donors (Lipinski definition) is 1. The van der Waals surface area contributed by atoms with Crippen LogP contribution in [0.2, 0.25) is 0 Å². The lowest BCUT2D eigenvalue weighted by Gasteiger charge is -2.27. The third-order valence-electron chi connectivity index (χ3n) is 4.93. The van der Waals surface area contributed by atoms with Crippen LogP contribution >= 0.6 is 0 Å². The maximum Gasteiger partial charge on any atom is 0.410 e. The number of benzene rings is 2. The summed E-state index contributed by atoms with van der Waals surface area (Å²) in [7, 11) is 1.47. The number of aliphatic carboxylic acids is 1. The van der Waals surface area contributed by atoms with Crippen LogP contribution in [-0.4, -0.2) is 41.8 Å². The predicted octanol–water partition coefficient (Wildman–Crippen LogP) is 3.98. The monoisotopic (exact) mass is 353 g/mol. The molecule has 0 saturated carbocycles.